The first-order valence-corrected chi connectivity index (χ1v) is 6.71. The summed E-state index contributed by atoms with van der Waals surface area (Å²) in [4.78, 5) is 21.0. The highest BCUT2D eigenvalue weighted by Gasteiger charge is 2.17. The quantitative estimate of drug-likeness (QED) is 0.615. The number of anilines is 1. The van der Waals surface area contributed by atoms with Crippen LogP contribution in [0.2, 0.25) is 0 Å². The number of hydrogen-bond donors (Lipinski definition) is 0. The van der Waals surface area contributed by atoms with Crippen molar-refractivity contribution >= 4 is 32.5 Å². The third-order valence-corrected chi connectivity index (χ3v) is 4.11. The maximum absolute atomic E-state index is 10.7. The standard InChI is InChI=1S/C11H12N4O2S/c16-15(17)8-6-9-10(12-7-8)13-11(18-9)14-4-2-1-3-5-14/h6-7H,1-5H2. The Hall–Kier alpha value is -1.76. The van der Waals surface area contributed by atoms with Gasteiger partial charge in [0.15, 0.2) is 10.8 Å². The third kappa shape index (κ3) is 2.01. The number of fused-ring (bicyclic) bond motifs is 1. The van der Waals surface area contributed by atoms with Gasteiger partial charge in [-0.1, -0.05) is 11.3 Å². The zero-order valence-electron chi connectivity index (χ0n) is 9.70. The smallest absolute Gasteiger partial charge is 0.289 e. The van der Waals surface area contributed by atoms with Gasteiger partial charge in [0.1, 0.15) is 6.20 Å². The van der Waals surface area contributed by atoms with Crippen molar-refractivity contribution < 1.29 is 4.92 Å². The lowest BCUT2D eigenvalue weighted by atomic mass is 10.1. The monoisotopic (exact) mass is 264 g/mol. The molecule has 0 atom stereocenters. The van der Waals surface area contributed by atoms with Crippen LogP contribution < -0.4 is 4.90 Å². The molecule has 0 aromatic carbocycles. The molecule has 1 aliphatic heterocycles. The summed E-state index contributed by atoms with van der Waals surface area (Å²) in [6.45, 7) is 2.03. The van der Waals surface area contributed by atoms with E-state index in [2.05, 4.69) is 14.9 Å². The number of aromatic nitrogens is 2. The first kappa shape index (κ1) is 11.3. The lowest BCUT2D eigenvalue weighted by Gasteiger charge is -2.25. The lowest BCUT2D eigenvalue weighted by Crippen LogP contribution is -2.29. The van der Waals surface area contributed by atoms with Crippen molar-refractivity contribution in [2.75, 3.05) is 18.0 Å². The molecule has 7 heteroatoms. The molecule has 1 fully saturated rings. The van der Waals surface area contributed by atoms with Crippen LogP contribution in [0.25, 0.3) is 10.3 Å². The maximum atomic E-state index is 10.7. The van der Waals surface area contributed by atoms with Gasteiger partial charge in [-0.2, -0.15) is 4.98 Å². The van der Waals surface area contributed by atoms with Crippen LogP contribution in [-0.4, -0.2) is 28.0 Å². The predicted molar refractivity (Wildman–Crippen MR) is 70.1 cm³/mol. The fourth-order valence-corrected chi connectivity index (χ4v) is 3.13. The topological polar surface area (TPSA) is 72.2 Å². The van der Waals surface area contributed by atoms with Crippen molar-refractivity contribution in [2.45, 2.75) is 19.3 Å². The first-order valence-electron chi connectivity index (χ1n) is 5.90. The highest BCUT2D eigenvalue weighted by atomic mass is 32.1. The van der Waals surface area contributed by atoms with Gasteiger partial charge < -0.3 is 4.90 Å². The molecule has 94 valence electrons. The fraction of sp³-hybridized carbons (Fsp3) is 0.455. The molecule has 0 unspecified atom stereocenters. The Morgan fingerprint density at radius 1 is 1.33 bits per heavy atom. The zero-order valence-corrected chi connectivity index (χ0v) is 10.5. The Labute approximate surface area is 107 Å². The molecule has 3 rings (SSSR count). The van der Waals surface area contributed by atoms with Gasteiger partial charge in [0, 0.05) is 19.2 Å². The van der Waals surface area contributed by atoms with E-state index in [1.54, 1.807) is 6.07 Å². The molecule has 2 aromatic heterocycles. The van der Waals surface area contributed by atoms with Crippen molar-refractivity contribution in [2.24, 2.45) is 0 Å². The highest BCUT2D eigenvalue weighted by Crippen LogP contribution is 2.31. The van der Waals surface area contributed by atoms with Gasteiger partial charge in [-0.15, -0.1) is 0 Å². The number of rotatable bonds is 2. The summed E-state index contributed by atoms with van der Waals surface area (Å²) in [6.07, 6.45) is 4.90. The van der Waals surface area contributed by atoms with Crippen molar-refractivity contribution in [1.29, 1.82) is 0 Å². The summed E-state index contributed by atoms with van der Waals surface area (Å²) in [7, 11) is 0. The minimum atomic E-state index is -0.424. The van der Waals surface area contributed by atoms with Gasteiger partial charge in [-0.05, 0) is 19.3 Å². The van der Waals surface area contributed by atoms with E-state index in [-0.39, 0.29) is 5.69 Å². The van der Waals surface area contributed by atoms with Crippen LogP contribution in [0.5, 0.6) is 0 Å². The molecule has 0 N–H and O–H groups in total. The lowest BCUT2D eigenvalue weighted by molar-refractivity contribution is -0.385. The van der Waals surface area contributed by atoms with Gasteiger partial charge in [0.2, 0.25) is 0 Å². The largest absolute Gasteiger partial charge is 0.348 e. The van der Waals surface area contributed by atoms with Crippen molar-refractivity contribution in [3.63, 3.8) is 0 Å². The number of hydrogen-bond acceptors (Lipinski definition) is 6. The average molecular weight is 264 g/mol. The summed E-state index contributed by atoms with van der Waals surface area (Å²) in [5, 5.41) is 11.6. The van der Waals surface area contributed by atoms with E-state index in [1.165, 1.54) is 36.8 Å². The van der Waals surface area contributed by atoms with E-state index < -0.39 is 4.92 Å². The van der Waals surface area contributed by atoms with E-state index in [4.69, 9.17) is 0 Å². The van der Waals surface area contributed by atoms with E-state index in [0.29, 0.717) is 5.65 Å². The summed E-state index contributed by atoms with van der Waals surface area (Å²) in [5.41, 5.74) is 0.627. The summed E-state index contributed by atoms with van der Waals surface area (Å²) in [5.74, 6) is 0. The molecule has 0 aliphatic carbocycles. The summed E-state index contributed by atoms with van der Waals surface area (Å²) in [6, 6.07) is 1.55. The Morgan fingerprint density at radius 2 is 2.11 bits per heavy atom. The molecule has 2 aromatic rings. The minimum Gasteiger partial charge on any atom is -0.348 e. The number of thiazole rings is 1. The highest BCUT2D eigenvalue weighted by molar-refractivity contribution is 7.22. The van der Waals surface area contributed by atoms with Crippen LogP contribution in [0.15, 0.2) is 12.3 Å². The summed E-state index contributed by atoms with van der Waals surface area (Å²) < 4.78 is 0.782. The number of nitro groups is 1. The molecule has 6 nitrogen and oxygen atoms in total. The molecule has 0 amide bonds. The second-order valence-corrected chi connectivity index (χ2v) is 5.33. The molecule has 0 bridgehead atoms. The van der Waals surface area contributed by atoms with Crippen LogP contribution in [-0.2, 0) is 0 Å². The number of nitrogens with zero attached hydrogens (tertiary/aromatic N) is 4. The van der Waals surface area contributed by atoms with Crippen LogP contribution in [0.3, 0.4) is 0 Å². The third-order valence-electron chi connectivity index (χ3n) is 3.06. The molecular weight excluding hydrogens is 252 g/mol. The van der Waals surface area contributed by atoms with Crippen molar-refractivity contribution in [3.05, 3.63) is 22.4 Å². The first-order chi connectivity index (χ1) is 8.74. The Balaban J connectivity index is 1.97. The Morgan fingerprint density at radius 3 is 2.83 bits per heavy atom. The molecule has 0 radical (unpaired) electrons. The molecule has 3 heterocycles. The fourth-order valence-electron chi connectivity index (χ4n) is 2.12. The van der Waals surface area contributed by atoms with E-state index in [9.17, 15) is 10.1 Å². The zero-order chi connectivity index (χ0) is 12.5. The van der Waals surface area contributed by atoms with E-state index in [1.807, 2.05) is 0 Å². The van der Waals surface area contributed by atoms with Gasteiger partial charge in [0.25, 0.3) is 5.69 Å². The molecular formula is C11H12N4O2S. The van der Waals surface area contributed by atoms with E-state index in [0.717, 1.165) is 22.9 Å². The Bertz CT molecular complexity index is 592. The van der Waals surface area contributed by atoms with Crippen molar-refractivity contribution in [1.82, 2.24) is 9.97 Å². The second kappa shape index (κ2) is 4.49. The molecule has 1 saturated heterocycles. The van der Waals surface area contributed by atoms with Crippen molar-refractivity contribution in [3.8, 4) is 0 Å². The van der Waals surface area contributed by atoms with E-state index >= 15 is 0 Å². The predicted octanol–water partition coefficient (Wildman–Crippen LogP) is 2.59. The average Bonchev–Trinajstić information content (AvgIpc) is 2.82. The van der Waals surface area contributed by atoms with Gasteiger partial charge >= 0.3 is 0 Å². The summed E-state index contributed by atoms with van der Waals surface area (Å²) >= 11 is 1.48. The normalized spacial score (nSPS) is 16.1. The van der Waals surface area contributed by atoms with Crippen LogP contribution in [0.1, 0.15) is 19.3 Å². The molecule has 18 heavy (non-hydrogen) atoms. The van der Waals surface area contributed by atoms with Gasteiger partial charge in [-0.25, -0.2) is 4.98 Å². The second-order valence-electron chi connectivity index (χ2n) is 4.32. The van der Waals surface area contributed by atoms with Crippen LogP contribution in [0, 0.1) is 10.1 Å². The number of pyridine rings is 1. The maximum Gasteiger partial charge on any atom is 0.289 e. The SMILES string of the molecule is O=[N+]([O-])c1cnc2nc(N3CCCCC3)sc2c1. The molecule has 0 saturated carbocycles. The minimum absolute atomic E-state index is 0.0244. The van der Waals surface area contributed by atoms with Gasteiger partial charge in [-0.3, -0.25) is 10.1 Å². The number of piperidine rings is 1. The molecule has 1 aliphatic rings. The van der Waals surface area contributed by atoms with Crippen LogP contribution in [0.4, 0.5) is 10.8 Å². The molecule has 0 spiro atoms. The Kier molecular flexibility index (Phi) is 2.83. The van der Waals surface area contributed by atoms with Crippen LogP contribution >= 0.6 is 11.3 Å². The van der Waals surface area contributed by atoms with Gasteiger partial charge in [0.05, 0.1) is 9.62 Å².